The Morgan fingerprint density at radius 2 is 2.11 bits per heavy atom. The van der Waals surface area contributed by atoms with Gasteiger partial charge in [-0.1, -0.05) is 0 Å². The van der Waals surface area contributed by atoms with E-state index in [9.17, 15) is 9.90 Å². The van der Waals surface area contributed by atoms with Gasteiger partial charge >= 0.3 is 0 Å². The van der Waals surface area contributed by atoms with Crippen molar-refractivity contribution in [2.45, 2.75) is 20.1 Å². The van der Waals surface area contributed by atoms with Crippen LogP contribution in [-0.4, -0.2) is 50.7 Å². The fourth-order valence-corrected chi connectivity index (χ4v) is 2.91. The number of aromatic nitrogens is 8. The van der Waals surface area contributed by atoms with Gasteiger partial charge in [-0.15, -0.1) is 5.10 Å². The van der Waals surface area contributed by atoms with Crippen LogP contribution in [0.15, 0.2) is 18.3 Å². The molecule has 0 bridgehead atoms. The van der Waals surface area contributed by atoms with E-state index in [-0.39, 0.29) is 12.3 Å². The number of aliphatic hydroxyl groups excluding tert-OH is 1. The Hall–Kier alpha value is -3.60. The standard InChI is InChI=1S/C16H17N9O2/c1-3-25-12(4-8(7-26)22-25)15-20-16(24(2)23-15)13-9-6-18-21-10(9)5-11(19-13)14(17)27/h4-6,26H,3,7H2,1-2H3,(H2,17,27)(H,18,21). The highest BCUT2D eigenvalue weighted by Crippen LogP contribution is 2.27. The summed E-state index contributed by atoms with van der Waals surface area (Å²) in [6.45, 7) is 2.37. The monoisotopic (exact) mass is 367 g/mol. The molecule has 4 heterocycles. The minimum atomic E-state index is -0.646. The normalized spacial score (nSPS) is 11.4. The molecule has 4 N–H and O–H groups in total. The molecule has 0 saturated carbocycles. The van der Waals surface area contributed by atoms with Crippen molar-refractivity contribution in [3.63, 3.8) is 0 Å². The summed E-state index contributed by atoms with van der Waals surface area (Å²) in [5.74, 6) is 0.241. The number of carbonyl (C=O) groups excluding carboxylic acids is 1. The SMILES string of the molecule is CCn1nc(CO)cc1-c1nc(-c2nc(C(N)=O)cc3[nH]ncc23)n(C)n1. The van der Waals surface area contributed by atoms with E-state index in [4.69, 9.17) is 5.73 Å². The van der Waals surface area contributed by atoms with Gasteiger partial charge in [-0.2, -0.15) is 10.2 Å². The van der Waals surface area contributed by atoms with Gasteiger partial charge in [0.05, 0.1) is 24.0 Å². The van der Waals surface area contributed by atoms with E-state index in [2.05, 4.69) is 30.4 Å². The van der Waals surface area contributed by atoms with Crippen LogP contribution in [0, 0.1) is 0 Å². The smallest absolute Gasteiger partial charge is 0.267 e. The number of H-pyrrole nitrogens is 1. The van der Waals surface area contributed by atoms with E-state index in [1.54, 1.807) is 34.7 Å². The number of aryl methyl sites for hydroxylation is 2. The van der Waals surface area contributed by atoms with Gasteiger partial charge in [-0.05, 0) is 19.1 Å². The molecule has 27 heavy (non-hydrogen) atoms. The lowest BCUT2D eigenvalue weighted by Crippen LogP contribution is -2.13. The molecule has 11 nitrogen and oxygen atoms in total. The summed E-state index contributed by atoms with van der Waals surface area (Å²) in [6, 6.07) is 3.29. The van der Waals surface area contributed by atoms with E-state index < -0.39 is 5.91 Å². The molecule has 4 rings (SSSR count). The number of aromatic amines is 1. The second kappa shape index (κ2) is 6.29. The van der Waals surface area contributed by atoms with E-state index in [1.165, 1.54) is 0 Å². The van der Waals surface area contributed by atoms with E-state index >= 15 is 0 Å². The zero-order valence-corrected chi connectivity index (χ0v) is 14.7. The fraction of sp³-hybridized carbons (Fsp3) is 0.250. The Kier molecular flexibility index (Phi) is 3.92. The van der Waals surface area contributed by atoms with E-state index in [0.29, 0.717) is 46.2 Å². The van der Waals surface area contributed by atoms with Gasteiger partial charge in [0.15, 0.2) is 11.6 Å². The third kappa shape index (κ3) is 2.73. The Morgan fingerprint density at radius 3 is 2.81 bits per heavy atom. The van der Waals surface area contributed by atoms with Gasteiger partial charge < -0.3 is 10.8 Å². The summed E-state index contributed by atoms with van der Waals surface area (Å²) in [5.41, 5.74) is 7.78. The highest BCUT2D eigenvalue weighted by Gasteiger charge is 2.20. The number of hydrogen-bond acceptors (Lipinski definition) is 7. The first-order valence-corrected chi connectivity index (χ1v) is 8.25. The Bertz CT molecular complexity index is 1150. The average molecular weight is 367 g/mol. The molecule has 0 aliphatic rings. The van der Waals surface area contributed by atoms with Crippen LogP contribution in [0.25, 0.3) is 33.9 Å². The molecule has 138 valence electrons. The molecule has 0 radical (unpaired) electrons. The van der Waals surface area contributed by atoms with Crippen molar-refractivity contribution in [2.24, 2.45) is 12.8 Å². The molecule has 4 aromatic rings. The largest absolute Gasteiger partial charge is 0.390 e. The van der Waals surface area contributed by atoms with Crippen molar-refractivity contribution in [2.75, 3.05) is 0 Å². The molecule has 1 amide bonds. The van der Waals surface area contributed by atoms with Crippen molar-refractivity contribution in [1.29, 1.82) is 0 Å². The van der Waals surface area contributed by atoms with Crippen molar-refractivity contribution >= 4 is 16.8 Å². The topological polar surface area (TPSA) is 153 Å². The highest BCUT2D eigenvalue weighted by molar-refractivity contribution is 5.98. The number of pyridine rings is 1. The van der Waals surface area contributed by atoms with Crippen LogP contribution in [0.2, 0.25) is 0 Å². The molecule has 11 heteroatoms. The van der Waals surface area contributed by atoms with Gasteiger partial charge in [0.25, 0.3) is 5.91 Å². The Balaban J connectivity index is 1.90. The van der Waals surface area contributed by atoms with Crippen LogP contribution in [0.4, 0.5) is 0 Å². The van der Waals surface area contributed by atoms with Crippen LogP contribution >= 0.6 is 0 Å². The lowest BCUT2D eigenvalue weighted by molar-refractivity contribution is 0.0996. The number of rotatable bonds is 5. The van der Waals surface area contributed by atoms with Gasteiger partial charge in [-0.25, -0.2) is 14.6 Å². The van der Waals surface area contributed by atoms with Crippen LogP contribution < -0.4 is 5.73 Å². The first kappa shape index (κ1) is 16.8. The second-order valence-corrected chi connectivity index (χ2v) is 5.93. The predicted octanol–water partition coefficient (Wildman–Crippen LogP) is 0.228. The molecule has 0 spiro atoms. The molecule has 0 unspecified atom stereocenters. The lowest BCUT2D eigenvalue weighted by atomic mass is 10.2. The molecule has 4 aromatic heterocycles. The molecule has 0 aromatic carbocycles. The molecule has 0 aliphatic carbocycles. The number of carbonyl (C=O) groups is 1. The van der Waals surface area contributed by atoms with Gasteiger partial charge in [0.1, 0.15) is 17.1 Å². The van der Waals surface area contributed by atoms with E-state index in [0.717, 1.165) is 0 Å². The quantitative estimate of drug-likeness (QED) is 0.456. The van der Waals surface area contributed by atoms with Gasteiger partial charge in [0, 0.05) is 19.0 Å². The number of primary amides is 1. The van der Waals surface area contributed by atoms with Crippen LogP contribution in [-0.2, 0) is 20.2 Å². The average Bonchev–Trinajstić information content (AvgIpc) is 3.37. The van der Waals surface area contributed by atoms with Crippen LogP contribution in [0.3, 0.4) is 0 Å². The Morgan fingerprint density at radius 1 is 1.30 bits per heavy atom. The zero-order valence-electron chi connectivity index (χ0n) is 14.7. The zero-order chi connectivity index (χ0) is 19.1. The van der Waals surface area contributed by atoms with Crippen molar-refractivity contribution in [3.8, 4) is 23.0 Å². The molecular weight excluding hydrogens is 350 g/mol. The van der Waals surface area contributed by atoms with Gasteiger partial charge in [-0.3, -0.25) is 14.6 Å². The minimum absolute atomic E-state index is 0.104. The first-order chi connectivity index (χ1) is 13.0. The van der Waals surface area contributed by atoms with Crippen molar-refractivity contribution < 1.29 is 9.90 Å². The minimum Gasteiger partial charge on any atom is -0.390 e. The highest BCUT2D eigenvalue weighted by atomic mass is 16.3. The molecular formula is C16H17N9O2. The first-order valence-electron chi connectivity index (χ1n) is 8.25. The summed E-state index contributed by atoms with van der Waals surface area (Å²) < 4.78 is 3.28. The molecule has 0 saturated heterocycles. The number of aliphatic hydroxyl groups is 1. The summed E-state index contributed by atoms with van der Waals surface area (Å²) in [5, 5.41) is 25.6. The summed E-state index contributed by atoms with van der Waals surface area (Å²) >= 11 is 0. The fourth-order valence-electron chi connectivity index (χ4n) is 2.91. The third-order valence-corrected chi connectivity index (χ3v) is 4.19. The number of hydrogen-bond donors (Lipinski definition) is 3. The summed E-state index contributed by atoms with van der Waals surface area (Å²) in [4.78, 5) is 20.6. The number of amides is 1. The molecule has 0 aliphatic heterocycles. The maximum absolute atomic E-state index is 11.6. The Labute approximate surface area is 152 Å². The summed E-state index contributed by atoms with van der Waals surface area (Å²) in [6.07, 6.45) is 1.61. The second-order valence-electron chi connectivity index (χ2n) is 5.93. The number of fused-ring (bicyclic) bond motifs is 1. The van der Waals surface area contributed by atoms with E-state index in [1.807, 2.05) is 6.92 Å². The predicted molar refractivity (Wildman–Crippen MR) is 95.2 cm³/mol. The lowest BCUT2D eigenvalue weighted by Gasteiger charge is -2.03. The molecule has 0 fully saturated rings. The molecule has 0 atom stereocenters. The van der Waals surface area contributed by atoms with Crippen molar-refractivity contribution in [3.05, 3.63) is 29.7 Å². The number of nitrogens with two attached hydrogens (primary N) is 1. The van der Waals surface area contributed by atoms with Crippen LogP contribution in [0.5, 0.6) is 0 Å². The third-order valence-electron chi connectivity index (χ3n) is 4.19. The number of nitrogens with one attached hydrogen (secondary N) is 1. The van der Waals surface area contributed by atoms with Crippen molar-refractivity contribution in [1.82, 2.24) is 39.7 Å². The van der Waals surface area contributed by atoms with Crippen LogP contribution in [0.1, 0.15) is 23.1 Å². The maximum Gasteiger partial charge on any atom is 0.267 e. The summed E-state index contributed by atoms with van der Waals surface area (Å²) in [7, 11) is 1.73. The van der Waals surface area contributed by atoms with Gasteiger partial charge in [0.2, 0.25) is 0 Å². The number of nitrogens with zero attached hydrogens (tertiary/aromatic N) is 7. The maximum atomic E-state index is 11.6.